The second-order valence-corrected chi connectivity index (χ2v) is 7.14. The van der Waals surface area contributed by atoms with E-state index >= 15 is 0 Å². The number of ether oxygens (including phenoxy) is 1. The van der Waals surface area contributed by atoms with Crippen molar-refractivity contribution < 1.29 is 13.2 Å². The number of sulfonamides is 1. The Morgan fingerprint density at radius 3 is 2.46 bits per heavy atom. The second kappa shape index (κ2) is 7.61. The minimum Gasteiger partial charge on any atom is -0.497 e. The molecule has 4 N–H and O–H groups in total. The second-order valence-electron chi connectivity index (χ2n) is 5.17. The number of hydrogen-bond acceptors (Lipinski definition) is 4. The van der Waals surface area contributed by atoms with E-state index in [1.54, 1.807) is 19.2 Å². The summed E-state index contributed by atoms with van der Waals surface area (Å²) < 4.78 is 27.7. The molecule has 0 heterocycles. The highest BCUT2D eigenvalue weighted by Crippen LogP contribution is 2.18. The van der Waals surface area contributed by atoms with Gasteiger partial charge in [0.1, 0.15) is 5.75 Å². The molecule has 128 valence electrons. The quantitative estimate of drug-likeness (QED) is 0.705. The van der Waals surface area contributed by atoms with E-state index in [0.717, 1.165) is 17.0 Å². The van der Waals surface area contributed by atoms with Crippen molar-refractivity contribution in [2.75, 3.05) is 12.4 Å². The van der Waals surface area contributed by atoms with E-state index < -0.39 is 10.0 Å². The molecule has 0 aliphatic rings. The van der Waals surface area contributed by atoms with Crippen LogP contribution in [0.25, 0.3) is 0 Å². The lowest BCUT2D eigenvalue weighted by atomic mass is 10.1. The Kier molecular flexibility index (Phi) is 5.76. The zero-order chi connectivity index (χ0) is 17.7. The molecule has 0 bridgehead atoms. The zero-order valence-electron chi connectivity index (χ0n) is 13.3. The van der Waals surface area contributed by atoms with Crippen LogP contribution in [0.4, 0.5) is 5.69 Å². The van der Waals surface area contributed by atoms with Crippen LogP contribution >= 0.6 is 12.2 Å². The molecule has 0 fully saturated rings. The third-order valence-electron chi connectivity index (χ3n) is 3.38. The van der Waals surface area contributed by atoms with E-state index in [2.05, 4.69) is 10.6 Å². The van der Waals surface area contributed by atoms with Gasteiger partial charge in [0.25, 0.3) is 0 Å². The minimum atomic E-state index is -3.69. The largest absolute Gasteiger partial charge is 0.497 e. The number of nitrogens with one attached hydrogen (secondary N) is 2. The zero-order valence-corrected chi connectivity index (χ0v) is 14.9. The molecular weight excluding hydrogens is 346 g/mol. The van der Waals surface area contributed by atoms with Crippen LogP contribution < -0.4 is 20.5 Å². The van der Waals surface area contributed by atoms with Crippen molar-refractivity contribution in [2.24, 2.45) is 5.14 Å². The van der Waals surface area contributed by atoms with Gasteiger partial charge in [0.05, 0.1) is 18.0 Å². The highest BCUT2D eigenvalue weighted by Gasteiger charge is 2.11. The van der Waals surface area contributed by atoms with E-state index in [1.165, 1.54) is 12.1 Å². The van der Waals surface area contributed by atoms with Gasteiger partial charge in [-0.1, -0.05) is 18.2 Å². The van der Waals surface area contributed by atoms with Crippen molar-refractivity contribution >= 4 is 33.0 Å². The number of nitrogens with two attached hydrogens (primary N) is 1. The Hall–Kier alpha value is -2.16. The normalized spacial score (nSPS) is 12.3. The number of thiocarbonyl (C=S) groups is 1. The van der Waals surface area contributed by atoms with Crippen LogP contribution in [-0.4, -0.2) is 20.6 Å². The molecular formula is C16H19N3O3S2. The third kappa shape index (κ3) is 4.92. The Morgan fingerprint density at radius 1 is 1.21 bits per heavy atom. The van der Waals surface area contributed by atoms with Crippen LogP contribution in [-0.2, 0) is 10.0 Å². The lowest BCUT2D eigenvalue weighted by molar-refractivity contribution is 0.415. The lowest BCUT2D eigenvalue weighted by Gasteiger charge is -2.18. The number of hydrogen-bond donors (Lipinski definition) is 3. The fourth-order valence-electron chi connectivity index (χ4n) is 2.09. The molecule has 0 saturated heterocycles. The van der Waals surface area contributed by atoms with E-state index in [0.29, 0.717) is 5.11 Å². The molecule has 24 heavy (non-hydrogen) atoms. The van der Waals surface area contributed by atoms with Crippen LogP contribution in [0.5, 0.6) is 5.75 Å². The van der Waals surface area contributed by atoms with Crippen molar-refractivity contribution in [1.29, 1.82) is 0 Å². The van der Waals surface area contributed by atoms with Crippen LogP contribution in [0.1, 0.15) is 18.5 Å². The molecule has 6 nitrogen and oxygen atoms in total. The number of anilines is 1. The SMILES string of the molecule is COc1cccc(NC(=S)NC(C)c2ccc(S(N)(=O)=O)cc2)c1. The lowest BCUT2D eigenvalue weighted by Crippen LogP contribution is -2.30. The van der Waals surface area contributed by atoms with Crippen molar-refractivity contribution in [3.63, 3.8) is 0 Å². The standard InChI is InChI=1S/C16H19N3O3S2/c1-11(12-6-8-15(9-7-12)24(17,20)21)18-16(23)19-13-4-3-5-14(10-13)22-2/h3-11H,1-2H3,(H2,17,20,21)(H2,18,19,23). The van der Waals surface area contributed by atoms with Gasteiger partial charge in [0, 0.05) is 11.8 Å². The molecule has 2 aromatic rings. The average molecular weight is 365 g/mol. The molecule has 8 heteroatoms. The molecule has 0 saturated carbocycles. The number of rotatable bonds is 5. The molecule has 2 aromatic carbocycles. The van der Waals surface area contributed by atoms with Gasteiger partial charge in [-0.25, -0.2) is 13.6 Å². The molecule has 0 amide bonds. The Morgan fingerprint density at radius 2 is 1.88 bits per heavy atom. The molecule has 0 radical (unpaired) electrons. The maximum absolute atomic E-state index is 11.3. The van der Waals surface area contributed by atoms with Gasteiger partial charge in [0.2, 0.25) is 10.0 Å². The molecule has 2 rings (SSSR count). The first-order chi connectivity index (χ1) is 11.3. The first-order valence-corrected chi connectivity index (χ1v) is 9.09. The highest BCUT2D eigenvalue weighted by atomic mass is 32.2. The predicted octanol–water partition coefficient (Wildman–Crippen LogP) is 2.39. The van der Waals surface area contributed by atoms with Gasteiger partial charge in [-0.15, -0.1) is 0 Å². The van der Waals surface area contributed by atoms with Gasteiger partial charge < -0.3 is 15.4 Å². The fraction of sp³-hybridized carbons (Fsp3) is 0.188. The summed E-state index contributed by atoms with van der Waals surface area (Å²) in [4.78, 5) is 0.0792. The molecule has 0 aliphatic carbocycles. The van der Waals surface area contributed by atoms with Gasteiger partial charge in [0.15, 0.2) is 5.11 Å². The molecule has 0 aliphatic heterocycles. The monoisotopic (exact) mass is 365 g/mol. The first-order valence-electron chi connectivity index (χ1n) is 7.14. The number of benzene rings is 2. The highest BCUT2D eigenvalue weighted by molar-refractivity contribution is 7.89. The topological polar surface area (TPSA) is 93.4 Å². The summed E-state index contributed by atoms with van der Waals surface area (Å²) in [6.45, 7) is 1.92. The van der Waals surface area contributed by atoms with E-state index in [9.17, 15) is 8.42 Å². The van der Waals surface area contributed by atoms with Gasteiger partial charge >= 0.3 is 0 Å². The maximum Gasteiger partial charge on any atom is 0.238 e. The molecule has 0 aromatic heterocycles. The van der Waals surface area contributed by atoms with Crippen LogP contribution in [0.15, 0.2) is 53.4 Å². The van der Waals surface area contributed by atoms with Crippen molar-refractivity contribution in [3.8, 4) is 5.75 Å². The van der Waals surface area contributed by atoms with Crippen LogP contribution in [0.3, 0.4) is 0 Å². The van der Waals surface area contributed by atoms with E-state index in [4.69, 9.17) is 22.1 Å². The summed E-state index contributed by atoms with van der Waals surface area (Å²) in [5.41, 5.74) is 1.70. The summed E-state index contributed by atoms with van der Waals surface area (Å²) in [6, 6.07) is 13.7. The van der Waals surface area contributed by atoms with Crippen LogP contribution in [0, 0.1) is 0 Å². The van der Waals surface area contributed by atoms with Gasteiger partial charge in [-0.2, -0.15) is 0 Å². The van der Waals surface area contributed by atoms with E-state index in [-0.39, 0.29) is 10.9 Å². The summed E-state index contributed by atoms with van der Waals surface area (Å²) in [5, 5.41) is 11.8. The summed E-state index contributed by atoms with van der Waals surface area (Å²) >= 11 is 5.30. The summed E-state index contributed by atoms with van der Waals surface area (Å²) in [5.74, 6) is 0.731. The van der Waals surface area contributed by atoms with Crippen molar-refractivity contribution in [3.05, 3.63) is 54.1 Å². The minimum absolute atomic E-state index is 0.0792. The predicted molar refractivity (Wildman–Crippen MR) is 98.6 cm³/mol. The molecule has 1 unspecified atom stereocenters. The Balaban J connectivity index is 2.00. The Labute approximate surface area is 147 Å². The summed E-state index contributed by atoms with van der Waals surface area (Å²) in [7, 11) is -2.09. The average Bonchev–Trinajstić information content (AvgIpc) is 2.54. The number of primary sulfonamides is 1. The fourth-order valence-corrected chi connectivity index (χ4v) is 2.90. The Bertz CT molecular complexity index is 821. The van der Waals surface area contributed by atoms with Gasteiger partial charge in [-0.05, 0) is 49.0 Å². The third-order valence-corrected chi connectivity index (χ3v) is 4.53. The van der Waals surface area contributed by atoms with Crippen molar-refractivity contribution in [1.82, 2.24) is 5.32 Å². The maximum atomic E-state index is 11.3. The first kappa shape index (κ1) is 18.2. The smallest absolute Gasteiger partial charge is 0.238 e. The van der Waals surface area contributed by atoms with Crippen molar-refractivity contribution in [2.45, 2.75) is 17.9 Å². The number of methoxy groups -OCH3 is 1. The van der Waals surface area contributed by atoms with E-state index in [1.807, 2.05) is 31.2 Å². The molecule has 0 spiro atoms. The van der Waals surface area contributed by atoms with Crippen LogP contribution in [0.2, 0.25) is 0 Å². The van der Waals surface area contributed by atoms with Gasteiger partial charge in [-0.3, -0.25) is 0 Å². The summed E-state index contributed by atoms with van der Waals surface area (Å²) in [6.07, 6.45) is 0. The molecule has 1 atom stereocenters.